The molecule has 0 saturated carbocycles. The highest BCUT2D eigenvalue weighted by molar-refractivity contribution is 6.01. The first kappa shape index (κ1) is 32.5. The van der Waals surface area contributed by atoms with Crippen LogP contribution < -0.4 is 0 Å². The molecule has 0 aliphatic carbocycles. The van der Waals surface area contributed by atoms with Crippen LogP contribution >= 0.6 is 0 Å². The van der Waals surface area contributed by atoms with Gasteiger partial charge in [-0.15, -0.1) is 5.06 Å². The van der Waals surface area contributed by atoms with Crippen LogP contribution in [0.5, 0.6) is 0 Å². The SMILES string of the molecule is CC(=O)CN1CCN(CC(C)=O)CCN(CC(=O)OC(C)(C)C)CCN(CC(=O)ON2C(=O)CCC2=O)CC1. The molecule has 0 bridgehead atoms. The number of esters is 1. The van der Waals surface area contributed by atoms with E-state index in [0.717, 1.165) is 0 Å². The zero-order valence-corrected chi connectivity index (χ0v) is 23.9. The van der Waals surface area contributed by atoms with Gasteiger partial charge in [-0.3, -0.25) is 43.6 Å². The third kappa shape index (κ3) is 12.8. The lowest BCUT2D eigenvalue weighted by atomic mass is 10.2. The smallest absolute Gasteiger partial charge is 0.347 e. The van der Waals surface area contributed by atoms with E-state index in [4.69, 9.17) is 9.57 Å². The van der Waals surface area contributed by atoms with Crippen molar-refractivity contribution in [3.63, 3.8) is 0 Å². The van der Waals surface area contributed by atoms with Crippen molar-refractivity contribution in [2.45, 2.75) is 53.1 Å². The summed E-state index contributed by atoms with van der Waals surface area (Å²) in [7, 11) is 0. The van der Waals surface area contributed by atoms with Crippen LogP contribution in [0.25, 0.3) is 0 Å². The second-order valence-corrected chi connectivity index (χ2v) is 11.1. The fraction of sp³-hybridized carbons (Fsp3) is 0.769. The fourth-order valence-electron chi connectivity index (χ4n) is 4.37. The second kappa shape index (κ2) is 15.2. The molecule has 0 radical (unpaired) electrons. The molecule has 0 N–H and O–H groups in total. The first-order valence-corrected chi connectivity index (χ1v) is 13.4. The number of ketones is 2. The van der Waals surface area contributed by atoms with Crippen LogP contribution in [0.4, 0.5) is 0 Å². The molecule has 0 aromatic carbocycles. The number of Topliss-reactive ketones (excluding diaryl/α,β-unsaturated/α-hetero) is 2. The number of rotatable bonds is 9. The van der Waals surface area contributed by atoms with E-state index in [9.17, 15) is 28.8 Å². The molecule has 0 aromatic heterocycles. The van der Waals surface area contributed by atoms with Gasteiger partial charge in [0.2, 0.25) is 0 Å². The summed E-state index contributed by atoms with van der Waals surface area (Å²) in [6.45, 7) is 12.5. The molecular weight excluding hydrogens is 510 g/mol. The van der Waals surface area contributed by atoms with Gasteiger partial charge in [0.15, 0.2) is 0 Å². The van der Waals surface area contributed by atoms with Crippen molar-refractivity contribution >= 4 is 35.3 Å². The largest absolute Gasteiger partial charge is 0.459 e. The third-order valence-corrected chi connectivity index (χ3v) is 6.15. The van der Waals surface area contributed by atoms with Crippen LogP contribution in [0.2, 0.25) is 0 Å². The lowest BCUT2D eigenvalue weighted by Crippen LogP contribution is -2.49. The van der Waals surface area contributed by atoms with Gasteiger partial charge in [-0.1, -0.05) is 0 Å². The average Bonchev–Trinajstić information content (AvgIpc) is 3.10. The molecule has 2 rings (SSSR count). The summed E-state index contributed by atoms with van der Waals surface area (Å²) in [5, 5.41) is 0.527. The number of ether oxygens (including phenoxy) is 1. The monoisotopic (exact) mass is 553 g/mol. The number of hydroxylamine groups is 2. The maximum absolute atomic E-state index is 12.7. The van der Waals surface area contributed by atoms with E-state index in [1.165, 1.54) is 13.8 Å². The topological polar surface area (TPSA) is 137 Å². The van der Waals surface area contributed by atoms with Crippen LogP contribution in [0.3, 0.4) is 0 Å². The summed E-state index contributed by atoms with van der Waals surface area (Å²) in [5.74, 6) is -2.19. The highest BCUT2D eigenvalue weighted by atomic mass is 16.7. The van der Waals surface area contributed by atoms with Crippen LogP contribution in [0.1, 0.15) is 47.5 Å². The molecule has 2 aliphatic rings. The van der Waals surface area contributed by atoms with Gasteiger partial charge in [-0.25, -0.2) is 4.79 Å². The van der Waals surface area contributed by atoms with Crippen LogP contribution in [0, 0.1) is 0 Å². The highest BCUT2D eigenvalue weighted by Gasteiger charge is 2.33. The normalized spacial score (nSPS) is 19.9. The Labute approximate surface area is 230 Å². The molecule has 39 heavy (non-hydrogen) atoms. The molecule has 13 heteroatoms. The van der Waals surface area contributed by atoms with E-state index >= 15 is 0 Å². The Hall–Kier alpha value is -2.74. The Morgan fingerprint density at radius 1 is 0.615 bits per heavy atom. The maximum atomic E-state index is 12.7. The zero-order valence-electron chi connectivity index (χ0n) is 23.9. The lowest BCUT2D eigenvalue weighted by molar-refractivity contribution is -0.198. The maximum Gasteiger partial charge on any atom is 0.347 e. The summed E-state index contributed by atoms with van der Waals surface area (Å²) >= 11 is 0. The van der Waals surface area contributed by atoms with Gasteiger partial charge in [0.25, 0.3) is 11.8 Å². The van der Waals surface area contributed by atoms with Crippen LogP contribution in [-0.4, -0.2) is 144 Å². The van der Waals surface area contributed by atoms with Crippen molar-refractivity contribution in [1.29, 1.82) is 0 Å². The number of carbonyl (C=O) groups is 6. The van der Waals surface area contributed by atoms with Crippen molar-refractivity contribution in [2.24, 2.45) is 0 Å². The second-order valence-electron chi connectivity index (χ2n) is 11.1. The molecule has 0 spiro atoms. The van der Waals surface area contributed by atoms with Gasteiger partial charge in [-0.2, -0.15) is 0 Å². The Kier molecular flexibility index (Phi) is 12.6. The number of hydrogen-bond acceptors (Lipinski definition) is 12. The van der Waals surface area contributed by atoms with Crippen LogP contribution in [-0.2, 0) is 38.3 Å². The Morgan fingerprint density at radius 2 is 0.949 bits per heavy atom. The first-order valence-electron chi connectivity index (χ1n) is 13.4. The summed E-state index contributed by atoms with van der Waals surface area (Å²) in [6, 6.07) is 0. The molecule has 2 heterocycles. The number of carbonyl (C=O) groups excluding carboxylic acids is 6. The molecular formula is C26H43N5O8. The molecule has 220 valence electrons. The van der Waals surface area contributed by atoms with Gasteiger partial charge >= 0.3 is 11.9 Å². The Balaban J connectivity index is 2.16. The average molecular weight is 554 g/mol. The molecule has 0 unspecified atom stereocenters. The molecule has 2 amide bonds. The van der Waals surface area contributed by atoms with Crippen molar-refractivity contribution in [1.82, 2.24) is 24.7 Å². The summed E-state index contributed by atoms with van der Waals surface area (Å²) < 4.78 is 5.50. The van der Waals surface area contributed by atoms with E-state index in [1.54, 1.807) is 20.8 Å². The molecule has 2 fully saturated rings. The van der Waals surface area contributed by atoms with Crippen molar-refractivity contribution in [2.75, 3.05) is 78.5 Å². The molecule has 0 aromatic rings. The summed E-state index contributed by atoms with van der Waals surface area (Å²) in [6.07, 6.45) is 0.0201. The van der Waals surface area contributed by atoms with E-state index in [0.29, 0.717) is 57.4 Å². The Bertz CT molecular complexity index is 903. The minimum Gasteiger partial charge on any atom is -0.459 e. The van der Waals surface area contributed by atoms with Gasteiger partial charge in [0, 0.05) is 65.2 Å². The van der Waals surface area contributed by atoms with E-state index < -0.39 is 23.4 Å². The number of amides is 2. The summed E-state index contributed by atoms with van der Waals surface area (Å²) in [5.41, 5.74) is -0.634. The number of imide groups is 1. The minimum absolute atomic E-state index is 0.000709. The van der Waals surface area contributed by atoms with Crippen molar-refractivity contribution in [3.05, 3.63) is 0 Å². The minimum atomic E-state index is -0.741. The predicted octanol–water partition coefficient (Wildman–Crippen LogP) is -0.665. The van der Waals surface area contributed by atoms with Crippen LogP contribution in [0.15, 0.2) is 0 Å². The van der Waals surface area contributed by atoms with E-state index in [1.807, 2.05) is 19.6 Å². The number of nitrogens with zero attached hydrogens (tertiary/aromatic N) is 5. The van der Waals surface area contributed by atoms with Gasteiger partial charge in [-0.05, 0) is 34.6 Å². The van der Waals surface area contributed by atoms with E-state index in [-0.39, 0.29) is 56.6 Å². The molecule has 0 atom stereocenters. The first-order chi connectivity index (χ1) is 18.2. The Morgan fingerprint density at radius 3 is 1.28 bits per heavy atom. The zero-order chi connectivity index (χ0) is 29.2. The predicted molar refractivity (Wildman–Crippen MR) is 140 cm³/mol. The summed E-state index contributed by atoms with van der Waals surface area (Å²) in [4.78, 5) is 85.5. The van der Waals surface area contributed by atoms with Gasteiger partial charge in [0.1, 0.15) is 17.2 Å². The number of hydrogen-bond donors (Lipinski definition) is 0. The highest BCUT2D eigenvalue weighted by Crippen LogP contribution is 2.13. The quantitative estimate of drug-likeness (QED) is 0.265. The van der Waals surface area contributed by atoms with Crippen molar-refractivity contribution in [3.8, 4) is 0 Å². The standard InChI is InChI=1S/C26H43N5O8/c1-20(32)16-27-8-9-28(17-21(2)33)11-13-30(19-25(37)39-31-22(34)6-7-23(31)35)15-14-29(12-10-27)18-24(36)38-26(3,4)5/h6-19H2,1-5H3. The fourth-order valence-corrected chi connectivity index (χ4v) is 4.37. The van der Waals surface area contributed by atoms with Crippen molar-refractivity contribution < 1.29 is 38.3 Å². The lowest BCUT2D eigenvalue weighted by Gasteiger charge is -2.33. The van der Waals surface area contributed by atoms with Gasteiger partial charge < -0.3 is 9.57 Å². The molecule has 2 aliphatic heterocycles. The molecule has 13 nitrogen and oxygen atoms in total. The van der Waals surface area contributed by atoms with E-state index in [2.05, 4.69) is 0 Å². The molecule has 2 saturated heterocycles. The third-order valence-electron chi connectivity index (χ3n) is 6.15. The van der Waals surface area contributed by atoms with Gasteiger partial charge in [0.05, 0.1) is 26.2 Å².